The lowest BCUT2D eigenvalue weighted by Gasteiger charge is -2.20. The SMILES string of the molecule is CCCNC(c1cc(F)c(F)c(F)c1)c1ccccc1F. The molecule has 0 saturated carbocycles. The molecule has 0 bridgehead atoms. The van der Waals surface area contributed by atoms with Crippen molar-refractivity contribution in [3.63, 3.8) is 0 Å². The zero-order chi connectivity index (χ0) is 15.4. The smallest absolute Gasteiger partial charge is 0.194 e. The van der Waals surface area contributed by atoms with Gasteiger partial charge in [0.15, 0.2) is 17.5 Å². The Morgan fingerprint density at radius 3 is 2.14 bits per heavy atom. The van der Waals surface area contributed by atoms with Crippen LogP contribution in [0, 0.1) is 23.3 Å². The Kier molecular flexibility index (Phi) is 4.96. The minimum Gasteiger partial charge on any atom is -0.306 e. The van der Waals surface area contributed by atoms with Crippen LogP contribution in [0.2, 0.25) is 0 Å². The Hall–Kier alpha value is -1.88. The first-order chi connectivity index (χ1) is 10.0. The molecule has 0 spiro atoms. The number of benzene rings is 2. The normalized spacial score (nSPS) is 12.4. The fourth-order valence-electron chi connectivity index (χ4n) is 2.15. The lowest BCUT2D eigenvalue weighted by Crippen LogP contribution is -2.24. The summed E-state index contributed by atoms with van der Waals surface area (Å²) in [7, 11) is 0. The van der Waals surface area contributed by atoms with Gasteiger partial charge >= 0.3 is 0 Å². The van der Waals surface area contributed by atoms with Crippen LogP contribution in [-0.4, -0.2) is 6.54 Å². The van der Waals surface area contributed by atoms with E-state index in [-0.39, 0.29) is 11.1 Å². The first-order valence-electron chi connectivity index (χ1n) is 6.66. The van der Waals surface area contributed by atoms with Crippen LogP contribution >= 0.6 is 0 Å². The van der Waals surface area contributed by atoms with Crippen LogP contribution < -0.4 is 5.32 Å². The Bertz CT molecular complexity index is 604. The average Bonchev–Trinajstić information content (AvgIpc) is 2.46. The van der Waals surface area contributed by atoms with Crippen molar-refractivity contribution < 1.29 is 17.6 Å². The number of rotatable bonds is 5. The van der Waals surface area contributed by atoms with Crippen molar-refractivity contribution >= 4 is 0 Å². The van der Waals surface area contributed by atoms with Gasteiger partial charge in [-0.1, -0.05) is 25.1 Å². The zero-order valence-electron chi connectivity index (χ0n) is 11.5. The van der Waals surface area contributed by atoms with E-state index in [1.54, 1.807) is 6.07 Å². The molecule has 2 aromatic rings. The quantitative estimate of drug-likeness (QED) is 0.640. The third kappa shape index (κ3) is 3.42. The van der Waals surface area contributed by atoms with Crippen molar-refractivity contribution in [2.75, 3.05) is 6.54 Å². The molecule has 0 aliphatic rings. The number of halogens is 4. The van der Waals surface area contributed by atoms with Gasteiger partial charge in [-0.05, 0) is 36.7 Å². The van der Waals surface area contributed by atoms with Gasteiger partial charge in [-0.25, -0.2) is 17.6 Å². The molecule has 0 heterocycles. The predicted octanol–water partition coefficient (Wildman–Crippen LogP) is 4.33. The Labute approximate surface area is 120 Å². The Balaban J connectivity index is 2.48. The fraction of sp³-hybridized carbons (Fsp3) is 0.250. The Morgan fingerprint density at radius 2 is 1.57 bits per heavy atom. The van der Waals surface area contributed by atoms with E-state index in [0.29, 0.717) is 6.54 Å². The van der Waals surface area contributed by atoms with Gasteiger partial charge in [0.25, 0.3) is 0 Å². The van der Waals surface area contributed by atoms with Gasteiger partial charge in [0, 0.05) is 5.56 Å². The lowest BCUT2D eigenvalue weighted by atomic mass is 9.97. The van der Waals surface area contributed by atoms with E-state index in [2.05, 4.69) is 5.32 Å². The highest BCUT2D eigenvalue weighted by atomic mass is 19.2. The van der Waals surface area contributed by atoms with Crippen molar-refractivity contribution in [1.82, 2.24) is 5.32 Å². The molecule has 0 aliphatic carbocycles. The summed E-state index contributed by atoms with van der Waals surface area (Å²) in [5.41, 5.74) is 0.404. The summed E-state index contributed by atoms with van der Waals surface area (Å²) in [5.74, 6) is -4.59. The van der Waals surface area contributed by atoms with Crippen LogP contribution in [0.5, 0.6) is 0 Å². The van der Waals surface area contributed by atoms with Crippen molar-refractivity contribution in [2.45, 2.75) is 19.4 Å². The van der Waals surface area contributed by atoms with E-state index >= 15 is 0 Å². The molecule has 5 heteroatoms. The second-order valence-electron chi connectivity index (χ2n) is 4.71. The monoisotopic (exact) mass is 297 g/mol. The second kappa shape index (κ2) is 6.72. The molecule has 0 radical (unpaired) electrons. The van der Waals surface area contributed by atoms with Gasteiger partial charge in [-0.3, -0.25) is 0 Å². The maximum absolute atomic E-state index is 13.9. The predicted molar refractivity (Wildman–Crippen MR) is 72.9 cm³/mol. The molecule has 2 rings (SSSR count). The number of hydrogen-bond acceptors (Lipinski definition) is 1. The maximum atomic E-state index is 13.9. The summed E-state index contributed by atoms with van der Waals surface area (Å²) in [4.78, 5) is 0. The molecule has 1 unspecified atom stereocenters. The topological polar surface area (TPSA) is 12.0 Å². The van der Waals surface area contributed by atoms with E-state index < -0.39 is 29.3 Å². The molecule has 21 heavy (non-hydrogen) atoms. The minimum absolute atomic E-state index is 0.143. The van der Waals surface area contributed by atoms with Gasteiger partial charge in [-0.2, -0.15) is 0 Å². The minimum atomic E-state index is -1.53. The molecule has 0 saturated heterocycles. The summed E-state index contributed by atoms with van der Waals surface area (Å²) in [6.45, 7) is 2.44. The Morgan fingerprint density at radius 1 is 0.952 bits per heavy atom. The summed E-state index contributed by atoms with van der Waals surface area (Å²) in [6.07, 6.45) is 0.761. The first kappa shape index (κ1) is 15.5. The largest absolute Gasteiger partial charge is 0.306 e. The maximum Gasteiger partial charge on any atom is 0.194 e. The molecule has 0 fully saturated rings. The summed E-state index contributed by atoms with van der Waals surface area (Å²) >= 11 is 0. The molecule has 2 aromatic carbocycles. The van der Waals surface area contributed by atoms with Crippen LogP contribution in [0.1, 0.15) is 30.5 Å². The van der Waals surface area contributed by atoms with E-state index in [1.165, 1.54) is 18.2 Å². The summed E-state index contributed by atoms with van der Waals surface area (Å²) in [5, 5.41) is 3.02. The fourth-order valence-corrected chi connectivity index (χ4v) is 2.15. The molecule has 0 aliphatic heterocycles. The second-order valence-corrected chi connectivity index (χ2v) is 4.71. The number of hydrogen-bond donors (Lipinski definition) is 1. The average molecular weight is 297 g/mol. The third-order valence-corrected chi connectivity index (χ3v) is 3.15. The first-order valence-corrected chi connectivity index (χ1v) is 6.66. The van der Waals surface area contributed by atoms with Crippen LogP contribution in [-0.2, 0) is 0 Å². The van der Waals surface area contributed by atoms with Crippen molar-refractivity contribution in [2.24, 2.45) is 0 Å². The lowest BCUT2D eigenvalue weighted by molar-refractivity contribution is 0.441. The highest BCUT2D eigenvalue weighted by molar-refractivity contribution is 5.33. The molecular weight excluding hydrogens is 282 g/mol. The highest BCUT2D eigenvalue weighted by Crippen LogP contribution is 2.27. The van der Waals surface area contributed by atoms with Crippen molar-refractivity contribution in [3.8, 4) is 0 Å². The molecule has 112 valence electrons. The van der Waals surface area contributed by atoms with Gasteiger partial charge in [0.1, 0.15) is 5.82 Å². The molecule has 0 amide bonds. The van der Waals surface area contributed by atoms with Crippen LogP contribution in [0.25, 0.3) is 0 Å². The van der Waals surface area contributed by atoms with Crippen molar-refractivity contribution in [3.05, 3.63) is 70.8 Å². The van der Waals surface area contributed by atoms with E-state index in [9.17, 15) is 17.6 Å². The van der Waals surface area contributed by atoms with Crippen LogP contribution in [0.15, 0.2) is 36.4 Å². The molecule has 1 atom stereocenters. The summed E-state index contributed by atoms with van der Waals surface area (Å²) in [6, 6.07) is 7.00. The summed E-state index contributed by atoms with van der Waals surface area (Å²) < 4.78 is 53.8. The molecule has 1 nitrogen and oxygen atoms in total. The highest BCUT2D eigenvalue weighted by Gasteiger charge is 2.20. The van der Waals surface area contributed by atoms with E-state index in [1.807, 2.05) is 6.92 Å². The number of nitrogens with one attached hydrogen (secondary N) is 1. The van der Waals surface area contributed by atoms with E-state index in [4.69, 9.17) is 0 Å². The zero-order valence-corrected chi connectivity index (χ0v) is 11.5. The van der Waals surface area contributed by atoms with Gasteiger partial charge in [0.05, 0.1) is 6.04 Å². The molecular formula is C16H15F4N. The third-order valence-electron chi connectivity index (χ3n) is 3.15. The van der Waals surface area contributed by atoms with Crippen molar-refractivity contribution in [1.29, 1.82) is 0 Å². The van der Waals surface area contributed by atoms with Crippen LogP contribution in [0.4, 0.5) is 17.6 Å². The standard InChI is InChI=1S/C16H15F4N/c1-2-7-21-16(11-5-3-4-6-12(11)17)10-8-13(18)15(20)14(19)9-10/h3-6,8-9,16,21H,2,7H2,1H3. The molecule has 0 aromatic heterocycles. The van der Waals surface area contributed by atoms with Gasteiger partial charge in [0.2, 0.25) is 0 Å². The van der Waals surface area contributed by atoms with E-state index in [0.717, 1.165) is 18.6 Å². The van der Waals surface area contributed by atoms with Gasteiger partial charge in [-0.15, -0.1) is 0 Å². The van der Waals surface area contributed by atoms with Crippen LogP contribution in [0.3, 0.4) is 0 Å². The molecule has 1 N–H and O–H groups in total. The van der Waals surface area contributed by atoms with Gasteiger partial charge < -0.3 is 5.32 Å².